The average Bonchev–Trinajstić information content (AvgIpc) is 3.52. The van der Waals surface area contributed by atoms with E-state index in [9.17, 15) is 24.1 Å². The van der Waals surface area contributed by atoms with E-state index in [1.54, 1.807) is 36.0 Å². The molecule has 1 fully saturated rings. The SMILES string of the molecule is CC(=O)Nc1ccc(C(C)N2C(=O)COC2c2cn(-c3ccc(Br)cc3)nc2-c2ccc(F)cc2)cc1[N+](=O)[O-]. The topological polar surface area (TPSA) is 120 Å². The Balaban J connectivity index is 1.58. The molecule has 2 unspecified atom stereocenters. The summed E-state index contributed by atoms with van der Waals surface area (Å²) in [7, 11) is 0. The molecule has 1 aliphatic heterocycles. The molecule has 0 saturated carbocycles. The molecular weight excluding hydrogens is 585 g/mol. The predicted molar refractivity (Wildman–Crippen MR) is 148 cm³/mol. The van der Waals surface area contributed by atoms with Gasteiger partial charge in [0.25, 0.3) is 11.6 Å². The number of halogens is 2. The van der Waals surface area contributed by atoms with Gasteiger partial charge in [0, 0.05) is 34.8 Å². The minimum Gasteiger partial charge on any atom is -0.344 e. The summed E-state index contributed by atoms with van der Waals surface area (Å²) in [6.07, 6.45) is 0.883. The monoisotopic (exact) mass is 607 g/mol. The highest BCUT2D eigenvalue weighted by Gasteiger charge is 2.40. The Labute approximate surface area is 236 Å². The fraction of sp³-hybridized carbons (Fsp3) is 0.179. The van der Waals surface area contributed by atoms with Crippen LogP contribution in [0.1, 0.15) is 37.2 Å². The second-order valence-electron chi connectivity index (χ2n) is 9.22. The van der Waals surface area contributed by atoms with Crippen molar-refractivity contribution < 1.29 is 23.6 Å². The van der Waals surface area contributed by atoms with Gasteiger partial charge in [-0.15, -0.1) is 0 Å². The number of ether oxygens (including phenoxy) is 1. The highest BCUT2D eigenvalue weighted by Crippen LogP contribution is 2.41. The quantitative estimate of drug-likeness (QED) is 0.205. The lowest BCUT2D eigenvalue weighted by Gasteiger charge is -2.29. The zero-order valence-electron chi connectivity index (χ0n) is 21.4. The number of carbonyl (C=O) groups is 2. The van der Waals surface area contributed by atoms with Crippen molar-refractivity contribution >= 4 is 39.1 Å². The van der Waals surface area contributed by atoms with Crippen molar-refractivity contribution in [1.29, 1.82) is 0 Å². The maximum atomic E-state index is 13.7. The van der Waals surface area contributed by atoms with E-state index in [-0.39, 0.29) is 23.9 Å². The van der Waals surface area contributed by atoms with Crippen molar-refractivity contribution in [1.82, 2.24) is 14.7 Å². The van der Waals surface area contributed by atoms with Crippen molar-refractivity contribution in [3.8, 4) is 16.9 Å². The molecule has 3 aromatic carbocycles. The molecule has 1 aliphatic rings. The molecule has 0 bridgehead atoms. The summed E-state index contributed by atoms with van der Waals surface area (Å²) in [5.41, 5.74) is 2.68. The van der Waals surface area contributed by atoms with Crippen LogP contribution in [0.5, 0.6) is 0 Å². The number of aromatic nitrogens is 2. The molecule has 0 aliphatic carbocycles. The summed E-state index contributed by atoms with van der Waals surface area (Å²) in [6, 6.07) is 17.1. The number of nitrogens with one attached hydrogen (secondary N) is 1. The van der Waals surface area contributed by atoms with E-state index in [1.165, 1.54) is 36.1 Å². The van der Waals surface area contributed by atoms with Crippen molar-refractivity contribution in [3.63, 3.8) is 0 Å². The number of rotatable bonds is 7. The molecule has 0 spiro atoms. The van der Waals surface area contributed by atoms with Gasteiger partial charge in [-0.05, 0) is 67.1 Å². The number of hydrogen-bond acceptors (Lipinski definition) is 6. The number of anilines is 1. The Morgan fingerprint density at radius 3 is 2.52 bits per heavy atom. The first-order valence-electron chi connectivity index (χ1n) is 12.2. The van der Waals surface area contributed by atoms with Gasteiger partial charge in [0.1, 0.15) is 23.8 Å². The Bertz CT molecular complexity index is 1610. The van der Waals surface area contributed by atoms with Crippen LogP contribution in [0.25, 0.3) is 16.9 Å². The molecule has 1 N–H and O–H groups in total. The van der Waals surface area contributed by atoms with Crippen LogP contribution in [0.4, 0.5) is 15.8 Å². The molecule has 1 aromatic heterocycles. The molecule has 4 aromatic rings. The van der Waals surface area contributed by atoms with Gasteiger partial charge >= 0.3 is 0 Å². The normalized spacial score (nSPS) is 15.8. The van der Waals surface area contributed by atoms with E-state index in [1.807, 2.05) is 24.3 Å². The lowest BCUT2D eigenvalue weighted by atomic mass is 10.0. The summed E-state index contributed by atoms with van der Waals surface area (Å²) < 4.78 is 22.2. The van der Waals surface area contributed by atoms with E-state index in [0.717, 1.165) is 10.2 Å². The van der Waals surface area contributed by atoms with E-state index >= 15 is 0 Å². The van der Waals surface area contributed by atoms with Gasteiger partial charge in [0.05, 0.1) is 16.7 Å². The summed E-state index contributed by atoms with van der Waals surface area (Å²) in [6.45, 7) is 2.80. The molecule has 10 nitrogen and oxygen atoms in total. The van der Waals surface area contributed by atoms with Crippen LogP contribution in [-0.2, 0) is 14.3 Å². The van der Waals surface area contributed by atoms with Gasteiger partial charge in [0.15, 0.2) is 6.23 Å². The van der Waals surface area contributed by atoms with Gasteiger partial charge < -0.3 is 15.0 Å². The third kappa shape index (κ3) is 5.36. The first-order chi connectivity index (χ1) is 19.1. The van der Waals surface area contributed by atoms with Crippen LogP contribution in [-0.4, -0.2) is 38.0 Å². The molecule has 5 rings (SSSR count). The Morgan fingerprint density at radius 1 is 1.18 bits per heavy atom. The fourth-order valence-corrected chi connectivity index (χ4v) is 4.90. The number of amides is 2. The zero-order chi connectivity index (χ0) is 28.6. The van der Waals surface area contributed by atoms with E-state index in [0.29, 0.717) is 22.4 Å². The Morgan fingerprint density at radius 2 is 1.88 bits per heavy atom. The van der Waals surface area contributed by atoms with Crippen molar-refractivity contribution in [2.45, 2.75) is 26.1 Å². The molecule has 2 atom stereocenters. The van der Waals surface area contributed by atoms with E-state index in [2.05, 4.69) is 21.2 Å². The number of nitrogens with zero attached hydrogens (tertiary/aromatic N) is 4. The Hall–Kier alpha value is -4.42. The second kappa shape index (κ2) is 11.0. The highest BCUT2D eigenvalue weighted by molar-refractivity contribution is 9.10. The number of hydrogen-bond donors (Lipinski definition) is 1. The van der Waals surface area contributed by atoms with Crippen LogP contribution in [0.2, 0.25) is 0 Å². The van der Waals surface area contributed by atoms with Gasteiger partial charge in [-0.2, -0.15) is 5.10 Å². The van der Waals surface area contributed by atoms with E-state index in [4.69, 9.17) is 9.84 Å². The Kier molecular flexibility index (Phi) is 7.46. The molecule has 40 heavy (non-hydrogen) atoms. The number of nitro groups is 1. The van der Waals surface area contributed by atoms with Crippen molar-refractivity contribution in [3.05, 3.63) is 104 Å². The predicted octanol–water partition coefficient (Wildman–Crippen LogP) is 5.93. The second-order valence-corrected chi connectivity index (χ2v) is 10.1. The number of nitro benzene ring substituents is 1. The maximum Gasteiger partial charge on any atom is 0.293 e. The van der Waals surface area contributed by atoms with Crippen LogP contribution >= 0.6 is 15.9 Å². The number of carbonyl (C=O) groups excluding carboxylic acids is 2. The zero-order valence-corrected chi connectivity index (χ0v) is 23.0. The molecule has 204 valence electrons. The lowest BCUT2D eigenvalue weighted by molar-refractivity contribution is -0.384. The maximum absolute atomic E-state index is 13.7. The summed E-state index contributed by atoms with van der Waals surface area (Å²) >= 11 is 3.43. The first kappa shape index (κ1) is 27.2. The summed E-state index contributed by atoms with van der Waals surface area (Å²) in [4.78, 5) is 37.3. The highest BCUT2D eigenvalue weighted by atomic mass is 79.9. The summed E-state index contributed by atoms with van der Waals surface area (Å²) in [5.74, 6) is -1.15. The minimum atomic E-state index is -0.874. The third-order valence-electron chi connectivity index (χ3n) is 6.55. The molecule has 2 heterocycles. The van der Waals surface area contributed by atoms with Gasteiger partial charge in [0.2, 0.25) is 5.91 Å². The van der Waals surface area contributed by atoms with Gasteiger partial charge in [-0.3, -0.25) is 19.7 Å². The number of benzene rings is 3. The largest absolute Gasteiger partial charge is 0.344 e. The van der Waals surface area contributed by atoms with Crippen molar-refractivity contribution in [2.75, 3.05) is 11.9 Å². The van der Waals surface area contributed by atoms with E-state index < -0.39 is 28.9 Å². The van der Waals surface area contributed by atoms with Crippen LogP contribution in [0.3, 0.4) is 0 Å². The van der Waals surface area contributed by atoms with Gasteiger partial charge in [-0.25, -0.2) is 9.07 Å². The molecular formula is C28H23BrFN5O5. The summed E-state index contributed by atoms with van der Waals surface area (Å²) in [5, 5.41) is 19.0. The van der Waals surface area contributed by atoms with Crippen LogP contribution in [0, 0.1) is 15.9 Å². The van der Waals surface area contributed by atoms with Crippen LogP contribution < -0.4 is 5.32 Å². The molecule has 1 saturated heterocycles. The third-order valence-corrected chi connectivity index (χ3v) is 7.08. The standard InChI is InChI=1S/C28H23BrFN5O5/c1-16(19-5-12-24(31-17(2)36)25(13-19)35(38)39)34-26(37)15-40-28(34)23-14-33(22-10-6-20(29)7-11-22)32-27(23)18-3-8-21(30)9-4-18/h3-14,16,28H,15H2,1-2H3,(H,31,36). The molecule has 2 amide bonds. The van der Waals surface area contributed by atoms with Gasteiger partial charge in [-0.1, -0.05) is 22.0 Å². The first-order valence-corrected chi connectivity index (χ1v) is 13.0. The smallest absolute Gasteiger partial charge is 0.293 e. The fourth-order valence-electron chi connectivity index (χ4n) is 4.64. The minimum absolute atomic E-state index is 0.0587. The molecule has 0 radical (unpaired) electrons. The average molecular weight is 608 g/mol. The van der Waals surface area contributed by atoms with Crippen LogP contribution in [0.15, 0.2) is 77.4 Å². The lowest BCUT2D eigenvalue weighted by Crippen LogP contribution is -2.31. The molecule has 12 heteroatoms. The van der Waals surface area contributed by atoms with Crippen molar-refractivity contribution in [2.24, 2.45) is 0 Å².